The number of hydrogen-bond acceptors (Lipinski definition) is 4. The van der Waals surface area contributed by atoms with Crippen molar-refractivity contribution in [2.24, 2.45) is 0 Å². The Kier molecular flexibility index (Phi) is 5.62. The van der Waals surface area contributed by atoms with Gasteiger partial charge in [-0.2, -0.15) is 0 Å². The molecule has 0 aliphatic heterocycles. The van der Waals surface area contributed by atoms with Crippen LogP contribution in [0, 0.1) is 0 Å². The first-order valence-electron chi connectivity index (χ1n) is 5.17. The SMILES string of the molecule is COc1cc(C(O)C(C)Br)c(OC)cc1SC. The molecular formula is C12H17BrO3S. The zero-order chi connectivity index (χ0) is 13.0. The van der Waals surface area contributed by atoms with E-state index in [1.165, 1.54) is 0 Å². The number of ether oxygens (including phenoxy) is 2. The van der Waals surface area contributed by atoms with Crippen LogP contribution in [0.4, 0.5) is 0 Å². The van der Waals surface area contributed by atoms with Crippen LogP contribution in [0.3, 0.4) is 0 Å². The van der Waals surface area contributed by atoms with Crippen molar-refractivity contribution in [2.75, 3.05) is 20.5 Å². The van der Waals surface area contributed by atoms with E-state index < -0.39 is 6.10 Å². The van der Waals surface area contributed by atoms with Gasteiger partial charge in [-0.05, 0) is 25.3 Å². The second-order valence-corrected chi connectivity index (χ2v) is 5.86. The molecule has 0 spiro atoms. The summed E-state index contributed by atoms with van der Waals surface area (Å²) in [6, 6.07) is 3.71. The van der Waals surface area contributed by atoms with E-state index in [2.05, 4.69) is 15.9 Å². The normalized spacial score (nSPS) is 14.2. The van der Waals surface area contributed by atoms with E-state index in [-0.39, 0.29) is 4.83 Å². The molecule has 2 atom stereocenters. The fraction of sp³-hybridized carbons (Fsp3) is 0.500. The molecule has 1 aromatic carbocycles. The highest BCUT2D eigenvalue weighted by Gasteiger charge is 2.20. The quantitative estimate of drug-likeness (QED) is 0.667. The van der Waals surface area contributed by atoms with Crippen molar-refractivity contribution in [1.29, 1.82) is 0 Å². The van der Waals surface area contributed by atoms with Gasteiger partial charge < -0.3 is 14.6 Å². The van der Waals surface area contributed by atoms with Crippen LogP contribution in [0.1, 0.15) is 18.6 Å². The largest absolute Gasteiger partial charge is 0.496 e. The van der Waals surface area contributed by atoms with Gasteiger partial charge in [0.25, 0.3) is 0 Å². The summed E-state index contributed by atoms with van der Waals surface area (Å²) >= 11 is 4.95. The van der Waals surface area contributed by atoms with Crippen LogP contribution in [0.25, 0.3) is 0 Å². The molecule has 1 rings (SSSR count). The summed E-state index contributed by atoms with van der Waals surface area (Å²) in [5.74, 6) is 1.43. The Bertz CT molecular complexity index is 382. The molecule has 17 heavy (non-hydrogen) atoms. The molecule has 0 fully saturated rings. The first-order valence-corrected chi connectivity index (χ1v) is 7.31. The lowest BCUT2D eigenvalue weighted by atomic mass is 10.1. The fourth-order valence-corrected chi connectivity index (χ4v) is 2.38. The van der Waals surface area contributed by atoms with Gasteiger partial charge in [0.05, 0.1) is 25.2 Å². The molecule has 5 heteroatoms. The Hall–Kier alpha value is -0.390. The minimum atomic E-state index is -0.630. The van der Waals surface area contributed by atoms with Gasteiger partial charge in [-0.15, -0.1) is 11.8 Å². The molecule has 1 aromatic rings. The molecule has 0 radical (unpaired) electrons. The molecule has 0 aliphatic carbocycles. The molecule has 2 unspecified atom stereocenters. The second kappa shape index (κ2) is 6.52. The standard InChI is InChI=1S/C12H17BrO3S/c1-7(13)12(14)8-5-10(16-3)11(17-4)6-9(8)15-2/h5-7,12,14H,1-4H3. The van der Waals surface area contributed by atoms with Crippen molar-refractivity contribution in [3.05, 3.63) is 17.7 Å². The van der Waals surface area contributed by atoms with Crippen LogP contribution in [-0.2, 0) is 0 Å². The smallest absolute Gasteiger partial charge is 0.133 e. The maximum atomic E-state index is 10.1. The van der Waals surface area contributed by atoms with Gasteiger partial charge in [0.1, 0.15) is 11.5 Å². The Morgan fingerprint density at radius 1 is 1.24 bits per heavy atom. The summed E-state index contributed by atoms with van der Waals surface area (Å²) in [7, 11) is 3.22. The Labute approximate surface area is 115 Å². The van der Waals surface area contributed by atoms with E-state index in [0.717, 1.165) is 16.2 Å². The van der Waals surface area contributed by atoms with Crippen LogP contribution in [0.15, 0.2) is 17.0 Å². The molecule has 0 saturated heterocycles. The lowest BCUT2D eigenvalue weighted by Gasteiger charge is -2.19. The van der Waals surface area contributed by atoms with E-state index in [0.29, 0.717) is 5.75 Å². The molecule has 0 saturated carbocycles. The van der Waals surface area contributed by atoms with Crippen molar-refractivity contribution >= 4 is 27.7 Å². The highest BCUT2D eigenvalue weighted by Crippen LogP contribution is 2.38. The number of hydrogen-bond donors (Lipinski definition) is 1. The number of benzene rings is 1. The van der Waals surface area contributed by atoms with E-state index in [1.54, 1.807) is 26.0 Å². The maximum Gasteiger partial charge on any atom is 0.133 e. The average molecular weight is 321 g/mol. The first kappa shape index (κ1) is 14.7. The number of aliphatic hydroxyl groups excluding tert-OH is 1. The molecule has 96 valence electrons. The first-order chi connectivity index (χ1) is 8.04. The predicted molar refractivity (Wildman–Crippen MR) is 74.7 cm³/mol. The number of halogens is 1. The minimum Gasteiger partial charge on any atom is -0.496 e. The van der Waals surface area contributed by atoms with Crippen molar-refractivity contribution in [3.63, 3.8) is 0 Å². The summed E-state index contributed by atoms with van der Waals surface area (Å²) in [4.78, 5) is 0.934. The van der Waals surface area contributed by atoms with E-state index in [4.69, 9.17) is 9.47 Å². The Morgan fingerprint density at radius 2 is 1.82 bits per heavy atom. The number of rotatable bonds is 5. The maximum absolute atomic E-state index is 10.1. The number of thioether (sulfide) groups is 1. The number of methoxy groups -OCH3 is 2. The predicted octanol–water partition coefficient (Wildman–Crippen LogP) is 3.24. The molecule has 0 aromatic heterocycles. The van der Waals surface area contributed by atoms with E-state index >= 15 is 0 Å². The van der Waals surface area contributed by atoms with Gasteiger partial charge in [-0.3, -0.25) is 0 Å². The zero-order valence-corrected chi connectivity index (χ0v) is 12.8. The van der Waals surface area contributed by atoms with Gasteiger partial charge in [-0.1, -0.05) is 15.9 Å². The molecule has 1 N–H and O–H groups in total. The van der Waals surface area contributed by atoms with Crippen LogP contribution in [-0.4, -0.2) is 30.4 Å². The molecule has 0 amide bonds. The summed E-state index contributed by atoms with van der Waals surface area (Å²) in [6.45, 7) is 1.89. The summed E-state index contributed by atoms with van der Waals surface area (Å²) in [5.41, 5.74) is 0.728. The van der Waals surface area contributed by atoms with Crippen molar-refractivity contribution in [3.8, 4) is 11.5 Å². The Balaban J connectivity index is 3.28. The molecule has 0 heterocycles. The minimum absolute atomic E-state index is 0.0544. The van der Waals surface area contributed by atoms with Crippen LogP contribution in [0.5, 0.6) is 11.5 Å². The summed E-state index contributed by atoms with van der Waals surface area (Å²) < 4.78 is 10.6. The lowest BCUT2D eigenvalue weighted by Crippen LogP contribution is -2.10. The fourth-order valence-electron chi connectivity index (χ4n) is 1.53. The Morgan fingerprint density at radius 3 is 2.24 bits per heavy atom. The van der Waals surface area contributed by atoms with Gasteiger partial charge in [0, 0.05) is 10.4 Å². The number of aliphatic hydroxyl groups is 1. The zero-order valence-electron chi connectivity index (χ0n) is 10.4. The van der Waals surface area contributed by atoms with E-state index in [9.17, 15) is 5.11 Å². The lowest BCUT2D eigenvalue weighted by molar-refractivity contribution is 0.176. The van der Waals surface area contributed by atoms with E-state index in [1.807, 2.05) is 25.3 Å². The molecule has 3 nitrogen and oxygen atoms in total. The van der Waals surface area contributed by atoms with Gasteiger partial charge in [0.2, 0.25) is 0 Å². The monoisotopic (exact) mass is 320 g/mol. The average Bonchev–Trinajstić information content (AvgIpc) is 2.35. The second-order valence-electron chi connectivity index (χ2n) is 3.57. The van der Waals surface area contributed by atoms with Gasteiger partial charge in [-0.25, -0.2) is 0 Å². The van der Waals surface area contributed by atoms with Crippen molar-refractivity contribution in [1.82, 2.24) is 0 Å². The number of alkyl halides is 1. The van der Waals surface area contributed by atoms with Crippen LogP contribution >= 0.6 is 27.7 Å². The summed E-state index contributed by atoms with van der Waals surface area (Å²) in [6.07, 6.45) is 1.34. The molecule has 0 bridgehead atoms. The van der Waals surface area contributed by atoms with Crippen LogP contribution in [0.2, 0.25) is 0 Å². The third kappa shape index (κ3) is 3.30. The van der Waals surface area contributed by atoms with Gasteiger partial charge in [0.15, 0.2) is 0 Å². The third-order valence-corrected chi connectivity index (χ3v) is 3.75. The molecular weight excluding hydrogens is 304 g/mol. The third-order valence-electron chi connectivity index (χ3n) is 2.49. The van der Waals surface area contributed by atoms with Gasteiger partial charge >= 0.3 is 0 Å². The molecule has 0 aliphatic rings. The van der Waals surface area contributed by atoms with Crippen molar-refractivity contribution < 1.29 is 14.6 Å². The van der Waals surface area contributed by atoms with Crippen LogP contribution < -0.4 is 9.47 Å². The highest BCUT2D eigenvalue weighted by molar-refractivity contribution is 9.09. The highest BCUT2D eigenvalue weighted by atomic mass is 79.9. The van der Waals surface area contributed by atoms with Crippen molar-refractivity contribution in [2.45, 2.75) is 22.8 Å². The summed E-state index contributed by atoms with van der Waals surface area (Å²) in [5, 5.41) is 10.1. The topological polar surface area (TPSA) is 38.7 Å².